The van der Waals surface area contributed by atoms with Gasteiger partial charge in [-0.1, -0.05) is 4.49 Å². The zero-order valence-corrected chi connectivity index (χ0v) is 10.7. The van der Waals surface area contributed by atoms with Crippen LogP contribution in [0.1, 0.15) is 20.0 Å². The van der Waals surface area contributed by atoms with E-state index in [1.807, 2.05) is 0 Å². The number of carbonyl (C=O) groups is 2. The number of carbonyl (C=O) groups excluding carboxylic acids is 1. The average Bonchev–Trinajstić information content (AvgIpc) is 2.90. The monoisotopic (exact) mass is 278 g/mol. The zero-order valence-electron chi connectivity index (χ0n) is 9.90. The number of benzene rings is 1. The van der Waals surface area contributed by atoms with Gasteiger partial charge in [-0.15, -0.1) is 5.10 Å². The van der Waals surface area contributed by atoms with Gasteiger partial charge < -0.3 is 15.7 Å². The summed E-state index contributed by atoms with van der Waals surface area (Å²) in [6, 6.07) is 4.34. The molecule has 0 aliphatic carbocycles. The highest BCUT2D eigenvalue weighted by Gasteiger charge is 2.21. The van der Waals surface area contributed by atoms with E-state index >= 15 is 0 Å². The van der Waals surface area contributed by atoms with Gasteiger partial charge in [0, 0.05) is 12.7 Å². The number of carboxylic acids is 1. The van der Waals surface area contributed by atoms with Gasteiger partial charge >= 0.3 is 5.97 Å². The van der Waals surface area contributed by atoms with Crippen LogP contribution < -0.4 is 10.6 Å². The van der Waals surface area contributed by atoms with Gasteiger partial charge in [-0.2, -0.15) is 0 Å². The number of carboxylic acid groups (broad SMARTS) is 1. The molecule has 1 aromatic heterocycles. The van der Waals surface area contributed by atoms with Gasteiger partial charge in [-0.25, -0.2) is 4.79 Å². The molecule has 0 saturated carbocycles. The predicted molar refractivity (Wildman–Crippen MR) is 70.5 cm³/mol. The van der Waals surface area contributed by atoms with Crippen molar-refractivity contribution >= 4 is 34.8 Å². The third-order valence-corrected chi connectivity index (χ3v) is 3.14. The molecule has 1 aromatic carbocycles. The minimum Gasteiger partial charge on any atom is -0.478 e. The number of amides is 1. The van der Waals surface area contributed by atoms with Crippen LogP contribution in [0.5, 0.6) is 0 Å². The smallest absolute Gasteiger partial charge is 0.337 e. The van der Waals surface area contributed by atoms with Crippen molar-refractivity contribution in [3.8, 4) is 0 Å². The van der Waals surface area contributed by atoms with E-state index in [1.165, 1.54) is 36.3 Å². The van der Waals surface area contributed by atoms with Gasteiger partial charge in [-0.05, 0) is 29.7 Å². The van der Waals surface area contributed by atoms with E-state index in [4.69, 9.17) is 10.8 Å². The summed E-state index contributed by atoms with van der Waals surface area (Å²) < 4.78 is 3.60. The van der Waals surface area contributed by atoms with Gasteiger partial charge in [-0.3, -0.25) is 4.79 Å². The molecular weight excluding hydrogens is 268 g/mol. The number of nitrogen functional groups attached to an aromatic ring is 1. The van der Waals surface area contributed by atoms with Crippen LogP contribution in [0.3, 0.4) is 0 Å². The fraction of sp³-hybridized carbons (Fsp3) is 0.0909. The Morgan fingerprint density at radius 1 is 1.42 bits per heavy atom. The second-order valence-corrected chi connectivity index (χ2v) is 4.51. The first-order valence-corrected chi connectivity index (χ1v) is 5.96. The van der Waals surface area contributed by atoms with Gasteiger partial charge in [0.05, 0.1) is 17.4 Å². The molecule has 0 aliphatic heterocycles. The third kappa shape index (κ3) is 2.52. The molecule has 19 heavy (non-hydrogen) atoms. The minimum atomic E-state index is -1.15. The van der Waals surface area contributed by atoms with Crippen LogP contribution in [0, 0.1) is 0 Å². The maximum Gasteiger partial charge on any atom is 0.337 e. The first-order chi connectivity index (χ1) is 9.00. The molecule has 0 aliphatic rings. The number of rotatable bonds is 3. The lowest BCUT2D eigenvalue weighted by Crippen LogP contribution is -2.27. The van der Waals surface area contributed by atoms with Crippen molar-refractivity contribution in [1.82, 2.24) is 9.59 Å². The molecule has 1 heterocycles. The van der Waals surface area contributed by atoms with Crippen LogP contribution in [0.15, 0.2) is 24.4 Å². The van der Waals surface area contributed by atoms with E-state index in [-0.39, 0.29) is 17.2 Å². The van der Waals surface area contributed by atoms with Crippen LogP contribution in [-0.2, 0) is 0 Å². The molecule has 1 amide bonds. The fourth-order valence-corrected chi connectivity index (χ4v) is 2.05. The van der Waals surface area contributed by atoms with E-state index in [1.54, 1.807) is 0 Å². The Morgan fingerprint density at radius 2 is 2.16 bits per heavy atom. The summed E-state index contributed by atoms with van der Waals surface area (Å²) in [6.07, 6.45) is 1.33. The van der Waals surface area contributed by atoms with Gasteiger partial charge in [0.15, 0.2) is 0 Å². The molecule has 2 aromatic rings. The van der Waals surface area contributed by atoms with Crippen LogP contribution >= 0.6 is 11.5 Å². The Hall–Kier alpha value is -2.48. The van der Waals surface area contributed by atoms with E-state index < -0.39 is 5.97 Å². The summed E-state index contributed by atoms with van der Waals surface area (Å²) >= 11 is 0.947. The van der Waals surface area contributed by atoms with Crippen molar-refractivity contribution in [2.75, 3.05) is 17.7 Å². The molecule has 7 nitrogen and oxygen atoms in total. The summed E-state index contributed by atoms with van der Waals surface area (Å²) in [7, 11) is 1.49. The van der Waals surface area contributed by atoms with Gasteiger partial charge in [0.2, 0.25) is 0 Å². The van der Waals surface area contributed by atoms with Crippen LogP contribution in [0.2, 0.25) is 0 Å². The molecule has 0 radical (unpaired) electrons. The van der Waals surface area contributed by atoms with E-state index in [2.05, 4.69) is 9.59 Å². The normalized spacial score (nSPS) is 10.2. The molecule has 3 N–H and O–H groups in total. The highest BCUT2D eigenvalue weighted by atomic mass is 32.1. The number of anilines is 2. The minimum absolute atomic E-state index is 0.0340. The van der Waals surface area contributed by atoms with Gasteiger partial charge in [0.1, 0.15) is 4.88 Å². The topological polar surface area (TPSA) is 109 Å². The highest BCUT2D eigenvalue weighted by Crippen LogP contribution is 2.24. The van der Waals surface area contributed by atoms with Crippen molar-refractivity contribution in [1.29, 1.82) is 0 Å². The molecule has 0 unspecified atom stereocenters. The lowest BCUT2D eigenvalue weighted by molar-refractivity contribution is 0.0698. The maximum atomic E-state index is 12.1. The fourth-order valence-electron chi connectivity index (χ4n) is 1.55. The Balaban J connectivity index is 2.41. The summed E-state index contributed by atoms with van der Waals surface area (Å²) in [5, 5.41) is 12.7. The number of nitrogens with zero attached hydrogens (tertiary/aromatic N) is 3. The molecule has 0 saturated heterocycles. The van der Waals surface area contributed by atoms with Crippen molar-refractivity contribution in [3.63, 3.8) is 0 Å². The number of hydrogen-bond acceptors (Lipinski definition) is 6. The van der Waals surface area contributed by atoms with Crippen molar-refractivity contribution in [2.24, 2.45) is 0 Å². The quantitative estimate of drug-likeness (QED) is 0.813. The predicted octanol–water partition coefficient (Wildman–Crippen LogP) is 1.10. The second-order valence-electron chi connectivity index (χ2n) is 3.73. The molecule has 0 atom stereocenters. The number of hydrogen-bond donors (Lipinski definition) is 2. The summed E-state index contributed by atoms with van der Waals surface area (Å²) in [6.45, 7) is 0. The molecule has 0 spiro atoms. The second kappa shape index (κ2) is 5.02. The van der Waals surface area contributed by atoms with Gasteiger partial charge in [0.25, 0.3) is 5.91 Å². The number of nitrogens with two attached hydrogens (primary N) is 1. The largest absolute Gasteiger partial charge is 0.478 e. The van der Waals surface area contributed by atoms with E-state index in [0.717, 1.165) is 11.5 Å². The van der Waals surface area contributed by atoms with Crippen molar-refractivity contribution < 1.29 is 14.7 Å². The highest BCUT2D eigenvalue weighted by molar-refractivity contribution is 7.07. The SMILES string of the molecule is CN(C(=O)c1cnns1)c1ccc(N)cc1C(=O)O. The molecule has 0 bridgehead atoms. The third-order valence-electron chi connectivity index (χ3n) is 2.49. The standard InChI is InChI=1S/C11H10N4O3S/c1-15(10(16)9-5-13-14-19-9)8-3-2-6(12)4-7(8)11(17)18/h2-5H,12H2,1H3,(H,17,18). The van der Waals surface area contributed by atoms with Crippen LogP contribution in [0.25, 0.3) is 0 Å². The Bertz CT molecular complexity index is 627. The van der Waals surface area contributed by atoms with E-state index in [9.17, 15) is 9.59 Å². The lowest BCUT2D eigenvalue weighted by atomic mass is 10.1. The first-order valence-electron chi connectivity index (χ1n) is 5.19. The number of aromatic carboxylic acids is 1. The maximum absolute atomic E-state index is 12.1. The van der Waals surface area contributed by atoms with Crippen molar-refractivity contribution in [2.45, 2.75) is 0 Å². The first kappa shape index (κ1) is 13.0. The molecule has 0 fully saturated rings. The average molecular weight is 278 g/mol. The Kier molecular flexibility index (Phi) is 3.43. The number of aromatic nitrogens is 2. The summed E-state index contributed by atoms with van der Waals surface area (Å²) in [4.78, 5) is 24.8. The molecular formula is C11H10N4O3S. The Labute approximate surface area is 112 Å². The lowest BCUT2D eigenvalue weighted by Gasteiger charge is -2.18. The van der Waals surface area contributed by atoms with Crippen LogP contribution in [-0.4, -0.2) is 33.6 Å². The Morgan fingerprint density at radius 3 is 2.74 bits per heavy atom. The summed E-state index contributed by atoms with van der Waals surface area (Å²) in [5.41, 5.74) is 6.10. The van der Waals surface area contributed by atoms with Crippen LogP contribution in [0.4, 0.5) is 11.4 Å². The molecule has 8 heteroatoms. The summed E-state index contributed by atoms with van der Waals surface area (Å²) in [5.74, 6) is -1.52. The molecule has 98 valence electrons. The zero-order chi connectivity index (χ0) is 14.0. The molecule has 2 rings (SSSR count). The van der Waals surface area contributed by atoms with Crippen molar-refractivity contribution in [3.05, 3.63) is 34.8 Å². The van der Waals surface area contributed by atoms with E-state index in [0.29, 0.717) is 10.6 Å².